The van der Waals surface area contributed by atoms with Gasteiger partial charge in [0.05, 0.1) is 0 Å². The molecule has 116 valence electrons. The summed E-state index contributed by atoms with van der Waals surface area (Å²) in [5.74, 6) is 0. The molecule has 0 radical (unpaired) electrons. The third-order valence-corrected chi connectivity index (χ3v) is 4.35. The van der Waals surface area contributed by atoms with Crippen LogP contribution in [0.5, 0.6) is 0 Å². The third kappa shape index (κ3) is 5.40. The Kier molecular flexibility index (Phi) is 5.76. The predicted molar refractivity (Wildman–Crippen MR) is 79.1 cm³/mol. The highest BCUT2D eigenvalue weighted by atomic mass is 32.2. The van der Waals surface area contributed by atoms with E-state index in [1.54, 1.807) is 12.1 Å². The number of benzene rings is 1. The van der Waals surface area contributed by atoms with Crippen LogP contribution in [0.25, 0.3) is 0 Å². The molecule has 2 rings (SSSR count). The van der Waals surface area contributed by atoms with Gasteiger partial charge in [-0.1, -0.05) is 31.1 Å². The molecule has 0 bridgehead atoms. The lowest BCUT2D eigenvalue weighted by atomic mass is 9.93. The van der Waals surface area contributed by atoms with E-state index in [2.05, 4.69) is 6.08 Å². The smallest absolute Gasteiger partial charge is 0.384 e. The van der Waals surface area contributed by atoms with Crippen molar-refractivity contribution in [1.82, 2.24) is 0 Å². The minimum Gasteiger partial charge on any atom is -0.384 e. The first kappa shape index (κ1) is 16.4. The summed E-state index contributed by atoms with van der Waals surface area (Å²) in [6.07, 6.45) is 7.81. The number of hydrogen-bond acceptors (Lipinski definition) is 2. The summed E-state index contributed by atoms with van der Waals surface area (Å²) in [6, 6.07) is 6.00. The van der Waals surface area contributed by atoms with Gasteiger partial charge in [0.25, 0.3) is 0 Å². The molecule has 0 amide bonds. The van der Waals surface area contributed by atoms with Gasteiger partial charge in [-0.3, -0.25) is 0 Å². The molecule has 1 aromatic rings. The van der Waals surface area contributed by atoms with Crippen LogP contribution in [0.2, 0.25) is 0 Å². The van der Waals surface area contributed by atoms with Crippen molar-refractivity contribution in [3.63, 3.8) is 0 Å². The fourth-order valence-corrected chi connectivity index (χ4v) is 3.07. The highest BCUT2D eigenvalue weighted by Crippen LogP contribution is 2.37. The first-order chi connectivity index (χ1) is 9.96. The number of thioether (sulfide) groups is 1. The maximum Gasteiger partial charge on any atom is 0.446 e. The fraction of sp³-hybridized carbons (Fsp3) is 0.500. The van der Waals surface area contributed by atoms with Crippen LogP contribution in [0.3, 0.4) is 0 Å². The first-order valence-electron chi connectivity index (χ1n) is 7.18. The zero-order valence-electron chi connectivity index (χ0n) is 11.7. The normalized spacial score (nSPS) is 21.0. The van der Waals surface area contributed by atoms with E-state index in [4.69, 9.17) is 0 Å². The minimum absolute atomic E-state index is 0.133. The first-order valence-corrected chi connectivity index (χ1v) is 8.00. The van der Waals surface area contributed by atoms with Crippen molar-refractivity contribution in [3.05, 3.63) is 41.5 Å². The summed E-state index contributed by atoms with van der Waals surface area (Å²) >= 11 is -0.133. The average Bonchev–Trinajstić information content (AvgIpc) is 2.36. The Hall–Kier alpha value is -0.940. The summed E-state index contributed by atoms with van der Waals surface area (Å²) in [5, 5.41) is 10.4. The Morgan fingerprint density at radius 1 is 1.00 bits per heavy atom. The maximum atomic E-state index is 12.3. The lowest BCUT2D eigenvalue weighted by Gasteiger charge is -2.18. The van der Waals surface area contributed by atoms with E-state index in [-0.39, 0.29) is 16.7 Å². The highest BCUT2D eigenvalue weighted by Gasteiger charge is 2.29. The molecule has 0 saturated carbocycles. The number of alkyl halides is 3. The van der Waals surface area contributed by atoms with E-state index in [1.807, 2.05) is 0 Å². The van der Waals surface area contributed by atoms with Crippen molar-refractivity contribution in [2.75, 3.05) is 0 Å². The van der Waals surface area contributed by atoms with E-state index in [0.29, 0.717) is 5.56 Å². The van der Waals surface area contributed by atoms with Crippen molar-refractivity contribution in [1.29, 1.82) is 0 Å². The Morgan fingerprint density at radius 2 is 1.67 bits per heavy atom. The van der Waals surface area contributed by atoms with Gasteiger partial charge < -0.3 is 5.11 Å². The quantitative estimate of drug-likeness (QED) is 0.577. The van der Waals surface area contributed by atoms with Crippen molar-refractivity contribution < 1.29 is 18.3 Å². The molecule has 0 heterocycles. The summed E-state index contributed by atoms with van der Waals surface area (Å²) in [6.45, 7) is 0. The molecular weight excluding hydrogens is 297 g/mol. The molecule has 1 nitrogen and oxygen atoms in total. The standard InChI is InChI=1S/C16H19F3OS/c17-16(18,19)21-14-10-8-13(9-11-14)15(20)12-6-4-2-1-3-5-7-12/h6,8-11,15,20H,1-5,7H2/b12-6+. The number of allylic oxidation sites excluding steroid dienone is 1. The average molecular weight is 316 g/mol. The summed E-state index contributed by atoms with van der Waals surface area (Å²) in [4.78, 5) is 0.144. The van der Waals surface area contributed by atoms with Gasteiger partial charge in [0.2, 0.25) is 0 Å². The van der Waals surface area contributed by atoms with Crippen LogP contribution in [0, 0.1) is 0 Å². The molecule has 1 N–H and O–H groups in total. The number of halogens is 3. The van der Waals surface area contributed by atoms with E-state index >= 15 is 0 Å². The molecule has 1 aliphatic rings. The number of aliphatic hydroxyl groups excluding tert-OH is 1. The van der Waals surface area contributed by atoms with Crippen LogP contribution in [0.4, 0.5) is 13.2 Å². The number of aliphatic hydroxyl groups is 1. The van der Waals surface area contributed by atoms with Gasteiger partial charge in [-0.15, -0.1) is 0 Å². The molecule has 0 aromatic heterocycles. The van der Waals surface area contributed by atoms with Crippen molar-refractivity contribution in [3.8, 4) is 0 Å². The van der Waals surface area contributed by atoms with Crippen LogP contribution >= 0.6 is 11.8 Å². The monoisotopic (exact) mass is 316 g/mol. The molecule has 5 heteroatoms. The van der Waals surface area contributed by atoms with Gasteiger partial charge in [0.1, 0.15) is 6.10 Å². The van der Waals surface area contributed by atoms with Gasteiger partial charge in [-0.05, 0) is 60.7 Å². The van der Waals surface area contributed by atoms with E-state index in [0.717, 1.165) is 31.3 Å². The second-order valence-electron chi connectivity index (χ2n) is 5.25. The molecule has 1 aromatic carbocycles. The SMILES string of the molecule is OC(/C1=C/CCCCCC1)c1ccc(SC(F)(F)F)cc1. The summed E-state index contributed by atoms with van der Waals surface area (Å²) < 4.78 is 36.8. The number of rotatable bonds is 3. The molecule has 0 fully saturated rings. The van der Waals surface area contributed by atoms with Crippen LogP contribution in [0.1, 0.15) is 50.2 Å². The van der Waals surface area contributed by atoms with Crippen LogP contribution in [0.15, 0.2) is 40.8 Å². The number of hydrogen-bond donors (Lipinski definition) is 1. The van der Waals surface area contributed by atoms with Crippen molar-refractivity contribution in [2.45, 2.75) is 55.0 Å². The third-order valence-electron chi connectivity index (χ3n) is 3.61. The van der Waals surface area contributed by atoms with Crippen LogP contribution < -0.4 is 0 Å². The Labute approximate surface area is 127 Å². The van der Waals surface area contributed by atoms with Crippen molar-refractivity contribution in [2.24, 2.45) is 0 Å². The Morgan fingerprint density at radius 3 is 2.33 bits per heavy atom. The van der Waals surface area contributed by atoms with Gasteiger partial charge in [0.15, 0.2) is 0 Å². The Balaban J connectivity index is 2.06. The summed E-state index contributed by atoms with van der Waals surface area (Å²) in [5.41, 5.74) is -2.62. The van der Waals surface area contributed by atoms with E-state index in [1.165, 1.54) is 25.0 Å². The zero-order valence-corrected chi connectivity index (χ0v) is 12.5. The second kappa shape index (κ2) is 7.36. The van der Waals surface area contributed by atoms with Gasteiger partial charge >= 0.3 is 5.51 Å². The second-order valence-corrected chi connectivity index (χ2v) is 6.39. The summed E-state index contributed by atoms with van der Waals surface area (Å²) in [7, 11) is 0. The van der Waals surface area contributed by atoms with Gasteiger partial charge in [0, 0.05) is 4.90 Å². The molecule has 21 heavy (non-hydrogen) atoms. The molecule has 1 unspecified atom stereocenters. The predicted octanol–water partition coefficient (Wildman–Crippen LogP) is 5.61. The molecule has 1 aliphatic carbocycles. The highest BCUT2D eigenvalue weighted by molar-refractivity contribution is 8.00. The zero-order chi connectivity index (χ0) is 15.3. The molecular formula is C16H19F3OS. The minimum atomic E-state index is -4.28. The topological polar surface area (TPSA) is 20.2 Å². The molecule has 1 atom stereocenters. The lowest BCUT2D eigenvalue weighted by molar-refractivity contribution is -0.0328. The molecule has 0 aliphatic heterocycles. The van der Waals surface area contributed by atoms with E-state index in [9.17, 15) is 18.3 Å². The lowest BCUT2D eigenvalue weighted by Crippen LogP contribution is -2.04. The largest absolute Gasteiger partial charge is 0.446 e. The van der Waals surface area contributed by atoms with Crippen LogP contribution in [-0.2, 0) is 0 Å². The Bertz CT molecular complexity index is 479. The van der Waals surface area contributed by atoms with E-state index < -0.39 is 11.6 Å². The maximum absolute atomic E-state index is 12.3. The van der Waals surface area contributed by atoms with Gasteiger partial charge in [-0.2, -0.15) is 13.2 Å². The molecule has 0 spiro atoms. The van der Waals surface area contributed by atoms with Gasteiger partial charge in [-0.25, -0.2) is 0 Å². The fourth-order valence-electron chi connectivity index (χ4n) is 2.53. The molecule has 0 saturated heterocycles. The van der Waals surface area contributed by atoms with Crippen LogP contribution in [-0.4, -0.2) is 10.6 Å². The van der Waals surface area contributed by atoms with Crippen molar-refractivity contribution >= 4 is 11.8 Å².